The van der Waals surface area contributed by atoms with Crippen molar-refractivity contribution < 1.29 is 18.3 Å². The van der Waals surface area contributed by atoms with Crippen LogP contribution in [0.1, 0.15) is 17.2 Å². The van der Waals surface area contributed by atoms with E-state index in [1.807, 2.05) is 0 Å². The fourth-order valence-electron chi connectivity index (χ4n) is 3.01. The summed E-state index contributed by atoms with van der Waals surface area (Å²) in [7, 11) is -4.24. The predicted molar refractivity (Wildman–Crippen MR) is 122 cm³/mol. The van der Waals surface area contributed by atoms with Crippen molar-refractivity contribution in [1.29, 1.82) is 0 Å². The van der Waals surface area contributed by atoms with Gasteiger partial charge in [0, 0.05) is 16.1 Å². The first-order chi connectivity index (χ1) is 14.6. The van der Waals surface area contributed by atoms with E-state index in [0.29, 0.717) is 5.56 Å². The quantitative estimate of drug-likeness (QED) is 0.503. The maximum atomic E-state index is 13.4. The highest BCUT2D eigenvalue weighted by Crippen LogP contribution is 2.40. The Morgan fingerprint density at radius 1 is 0.903 bits per heavy atom. The lowest BCUT2D eigenvalue weighted by Gasteiger charge is -2.28. The molecule has 0 spiro atoms. The smallest absolute Gasteiger partial charge is 0.264 e. The number of nitrogens with two attached hydrogens (primary N) is 1. The van der Waals surface area contributed by atoms with Gasteiger partial charge in [-0.15, -0.1) is 0 Å². The third-order valence-corrected chi connectivity index (χ3v) is 7.30. The van der Waals surface area contributed by atoms with Crippen LogP contribution in [0.15, 0.2) is 71.6 Å². The van der Waals surface area contributed by atoms with Gasteiger partial charge in [0.25, 0.3) is 10.0 Å². The van der Waals surface area contributed by atoms with Crippen molar-refractivity contribution in [3.8, 4) is 0 Å². The molecule has 0 aliphatic rings. The SMILES string of the molecule is NC(=O)CN(c1cc(Cl)c(Cl)cc1C(O)c1ccccc1Cl)S(=O)(=O)c1ccccc1. The lowest BCUT2D eigenvalue weighted by molar-refractivity contribution is -0.116. The predicted octanol–water partition coefficient (Wildman–Crippen LogP) is 4.41. The lowest BCUT2D eigenvalue weighted by atomic mass is 9.99. The first kappa shape index (κ1) is 23.4. The number of carbonyl (C=O) groups is 1. The third kappa shape index (κ3) is 4.97. The van der Waals surface area contributed by atoms with Gasteiger partial charge in [0.1, 0.15) is 12.6 Å². The molecule has 1 atom stereocenters. The van der Waals surface area contributed by atoms with E-state index in [1.165, 1.54) is 24.3 Å². The number of nitrogens with zero attached hydrogens (tertiary/aromatic N) is 1. The van der Waals surface area contributed by atoms with E-state index in [1.54, 1.807) is 42.5 Å². The number of amides is 1. The molecule has 31 heavy (non-hydrogen) atoms. The minimum Gasteiger partial charge on any atom is -0.384 e. The van der Waals surface area contributed by atoms with Crippen molar-refractivity contribution in [1.82, 2.24) is 0 Å². The molecule has 0 saturated heterocycles. The Morgan fingerprint density at radius 2 is 1.48 bits per heavy atom. The number of hydrogen-bond acceptors (Lipinski definition) is 4. The van der Waals surface area contributed by atoms with E-state index in [9.17, 15) is 18.3 Å². The monoisotopic (exact) mass is 498 g/mol. The van der Waals surface area contributed by atoms with Crippen LogP contribution in [0.5, 0.6) is 0 Å². The number of carbonyl (C=O) groups excluding carboxylic acids is 1. The normalized spacial score (nSPS) is 12.4. The molecule has 0 fully saturated rings. The van der Waals surface area contributed by atoms with Crippen molar-refractivity contribution in [2.45, 2.75) is 11.0 Å². The number of aliphatic hydroxyl groups is 1. The highest BCUT2D eigenvalue weighted by Gasteiger charge is 2.31. The number of benzene rings is 3. The zero-order valence-electron chi connectivity index (χ0n) is 15.9. The Labute approximate surface area is 194 Å². The second kappa shape index (κ2) is 9.46. The van der Waals surface area contributed by atoms with Gasteiger partial charge in [-0.1, -0.05) is 71.2 Å². The highest BCUT2D eigenvalue weighted by atomic mass is 35.5. The molecule has 0 heterocycles. The lowest BCUT2D eigenvalue weighted by Crippen LogP contribution is -2.39. The van der Waals surface area contributed by atoms with Gasteiger partial charge in [-0.2, -0.15) is 0 Å². The van der Waals surface area contributed by atoms with E-state index in [4.69, 9.17) is 40.5 Å². The molecular weight excluding hydrogens is 483 g/mol. The maximum absolute atomic E-state index is 13.4. The van der Waals surface area contributed by atoms with Crippen LogP contribution in [0, 0.1) is 0 Å². The van der Waals surface area contributed by atoms with Crippen LogP contribution in [-0.4, -0.2) is 26.0 Å². The van der Waals surface area contributed by atoms with Crippen molar-refractivity contribution >= 4 is 56.4 Å². The average molecular weight is 500 g/mol. The van der Waals surface area contributed by atoms with E-state index >= 15 is 0 Å². The molecule has 0 aliphatic heterocycles. The minimum atomic E-state index is -4.24. The molecule has 3 aromatic rings. The Morgan fingerprint density at radius 3 is 2.10 bits per heavy atom. The Hall–Kier alpha value is -2.29. The van der Waals surface area contributed by atoms with Crippen molar-refractivity contribution in [3.05, 3.63) is 92.9 Å². The maximum Gasteiger partial charge on any atom is 0.264 e. The third-order valence-electron chi connectivity index (χ3n) is 4.46. The van der Waals surface area contributed by atoms with Crippen molar-refractivity contribution in [3.63, 3.8) is 0 Å². The molecule has 1 amide bonds. The Bertz CT molecular complexity index is 1220. The van der Waals surface area contributed by atoms with E-state index < -0.39 is 28.6 Å². The van der Waals surface area contributed by atoms with Crippen LogP contribution in [0.4, 0.5) is 5.69 Å². The standard InChI is InChI=1S/C21H17Cl3N2O4S/c22-16-9-5-4-8-14(16)21(28)15-10-17(23)18(24)11-19(15)26(12-20(25)27)31(29,30)13-6-2-1-3-7-13/h1-11,21,28H,12H2,(H2,25,27). The van der Waals surface area contributed by atoms with Gasteiger partial charge in [0.2, 0.25) is 5.91 Å². The van der Waals surface area contributed by atoms with E-state index in [2.05, 4.69) is 0 Å². The molecule has 0 aromatic heterocycles. The molecule has 6 nitrogen and oxygen atoms in total. The summed E-state index contributed by atoms with van der Waals surface area (Å²) in [4.78, 5) is 11.7. The molecule has 0 aliphatic carbocycles. The van der Waals surface area contributed by atoms with Gasteiger partial charge in [-0.05, 0) is 30.3 Å². The molecule has 0 saturated carbocycles. The zero-order valence-corrected chi connectivity index (χ0v) is 19.0. The van der Waals surface area contributed by atoms with Gasteiger partial charge >= 0.3 is 0 Å². The van der Waals surface area contributed by atoms with E-state index in [-0.39, 0.29) is 31.2 Å². The Kier molecular flexibility index (Phi) is 7.13. The fraction of sp³-hybridized carbons (Fsp3) is 0.0952. The fourth-order valence-corrected chi connectivity index (χ4v) is 5.05. The average Bonchev–Trinajstić information content (AvgIpc) is 2.74. The number of sulfonamides is 1. The first-order valence-corrected chi connectivity index (χ1v) is 11.5. The topological polar surface area (TPSA) is 101 Å². The van der Waals surface area contributed by atoms with Crippen LogP contribution in [0.25, 0.3) is 0 Å². The number of halogens is 3. The summed E-state index contributed by atoms with van der Waals surface area (Å²) < 4.78 is 27.5. The molecule has 1 unspecified atom stereocenters. The summed E-state index contributed by atoms with van der Waals surface area (Å²) in [5.74, 6) is -0.899. The minimum absolute atomic E-state index is 0.0320. The van der Waals surface area contributed by atoms with Gasteiger partial charge in [-0.3, -0.25) is 9.10 Å². The number of aliphatic hydroxyl groups excluding tert-OH is 1. The van der Waals surface area contributed by atoms with Crippen molar-refractivity contribution in [2.24, 2.45) is 5.73 Å². The van der Waals surface area contributed by atoms with Gasteiger partial charge in [-0.25, -0.2) is 8.42 Å². The second-order valence-corrected chi connectivity index (χ2v) is 9.62. The summed E-state index contributed by atoms with van der Waals surface area (Å²) in [5.41, 5.74) is 5.70. The molecule has 3 aromatic carbocycles. The molecule has 3 N–H and O–H groups in total. The van der Waals surface area contributed by atoms with Crippen LogP contribution in [-0.2, 0) is 14.8 Å². The summed E-state index contributed by atoms with van der Waals surface area (Å²) in [6.45, 7) is -0.683. The second-order valence-electron chi connectivity index (χ2n) is 6.54. The largest absolute Gasteiger partial charge is 0.384 e. The van der Waals surface area contributed by atoms with Gasteiger partial charge < -0.3 is 10.8 Å². The number of anilines is 1. The summed E-state index contributed by atoms with van der Waals surface area (Å²) in [6.07, 6.45) is -1.36. The molecule has 10 heteroatoms. The highest BCUT2D eigenvalue weighted by molar-refractivity contribution is 7.92. The van der Waals surface area contributed by atoms with Crippen LogP contribution < -0.4 is 10.0 Å². The van der Waals surface area contributed by atoms with E-state index in [0.717, 1.165) is 4.31 Å². The number of rotatable bonds is 7. The van der Waals surface area contributed by atoms with Gasteiger partial charge in [0.15, 0.2) is 0 Å². The molecular formula is C21H17Cl3N2O4S. The van der Waals surface area contributed by atoms with Crippen LogP contribution in [0.2, 0.25) is 15.1 Å². The molecule has 0 radical (unpaired) electrons. The summed E-state index contributed by atoms with van der Waals surface area (Å²) in [6, 6.07) is 16.6. The number of primary amides is 1. The molecule has 0 bridgehead atoms. The van der Waals surface area contributed by atoms with Crippen molar-refractivity contribution in [2.75, 3.05) is 10.8 Å². The summed E-state index contributed by atoms with van der Waals surface area (Å²) in [5, 5.41) is 11.4. The first-order valence-electron chi connectivity index (χ1n) is 8.90. The number of hydrogen-bond donors (Lipinski definition) is 2. The molecule has 3 rings (SSSR count). The van der Waals surface area contributed by atoms with Gasteiger partial charge in [0.05, 0.1) is 20.6 Å². The summed E-state index contributed by atoms with van der Waals surface area (Å²) >= 11 is 18.5. The van der Waals surface area contributed by atoms with Crippen LogP contribution in [0.3, 0.4) is 0 Å². The molecule has 162 valence electrons. The van der Waals surface area contributed by atoms with Crippen LogP contribution >= 0.6 is 34.8 Å². The Balaban J connectivity index is 2.26. The zero-order chi connectivity index (χ0) is 22.8.